The topological polar surface area (TPSA) is 92.7 Å². The molecule has 6 heteroatoms. The second-order valence-corrected chi connectivity index (χ2v) is 5.58. The summed E-state index contributed by atoms with van der Waals surface area (Å²) in [6.07, 6.45) is 2.68. The van der Waals surface area contributed by atoms with E-state index in [4.69, 9.17) is 11.5 Å². The van der Waals surface area contributed by atoms with Gasteiger partial charge in [-0.3, -0.25) is 9.59 Å². The smallest absolute Gasteiger partial charge is 0.253 e. The summed E-state index contributed by atoms with van der Waals surface area (Å²) in [5.41, 5.74) is 13.4. The van der Waals surface area contributed by atoms with Gasteiger partial charge >= 0.3 is 0 Å². The van der Waals surface area contributed by atoms with Gasteiger partial charge in [0, 0.05) is 26.2 Å². The van der Waals surface area contributed by atoms with Crippen LogP contribution in [0.5, 0.6) is 0 Å². The third-order valence-corrected chi connectivity index (χ3v) is 3.82. The number of hydrogen-bond acceptors (Lipinski definition) is 4. The van der Waals surface area contributed by atoms with E-state index in [1.165, 1.54) is 4.90 Å². The zero-order valence-electron chi connectivity index (χ0n) is 12.5. The van der Waals surface area contributed by atoms with Crippen LogP contribution in [0.15, 0.2) is 18.2 Å². The Morgan fingerprint density at radius 3 is 2.62 bits per heavy atom. The van der Waals surface area contributed by atoms with Crippen molar-refractivity contribution in [3.8, 4) is 0 Å². The number of amides is 2. The molecule has 0 radical (unpaired) electrons. The van der Waals surface area contributed by atoms with Gasteiger partial charge in [0.25, 0.3) is 5.91 Å². The summed E-state index contributed by atoms with van der Waals surface area (Å²) in [4.78, 5) is 27.2. The van der Waals surface area contributed by atoms with Gasteiger partial charge in [-0.1, -0.05) is 0 Å². The van der Waals surface area contributed by atoms with Gasteiger partial charge in [0.1, 0.15) is 6.04 Å². The zero-order chi connectivity index (χ0) is 15.6. The molecule has 1 aliphatic rings. The van der Waals surface area contributed by atoms with Crippen LogP contribution in [-0.2, 0) is 4.79 Å². The number of carbonyl (C=O) groups excluding carboxylic acids is 2. The molecule has 1 aromatic carbocycles. The minimum absolute atomic E-state index is 0.0936. The largest absolute Gasteiger partial charge is 0.397 e. The maximum atomic E-state index is 12.1. The summed E-state index contributed by atoms with van der Waals surface area (Å²) in [7, 11) is 3.40. The highest BCUT2D eigenvalue weighted by atomic mass is 16.2. The lowest BCUT2D eigenvalue weighted by Crippen LogP contribution is -2.48. The molecule has 0 bridgehead atoms. The third-order valence-electron chi connectivity index (χ3n) is 3.82. The molecule has 1 unspecified atom stereocenters. The highest BCUT2D eigenvalue weighted by molar-refractivity contribution is 5.96. The standard InChI is InChI=1S/C15H22N4O2/c1-18(2)15(21)10-6-7-11(16)13(9-10)19-8-4-3-5-12(19)14(17)20/h6-7,9,12H,3-5,8,16H2,1-2H3,(H2,17,20). The molecule has 2 rings (SSSR count). The van der Waals surface area contributed by atoms with E-state index in [-0.39, 0.29) is 17.9 Å². The lowest BCUT2D eigenvalue weighted by molar-refractivity contribution is -0.119. The highest BCUT2D eigenvalue weighted by Crippen LogP contribution is 2.30. The molecule has 2 amide bonds. The SMILES string of the molecule is CN(C)C(=O)c1ccc(N)c(N2CCCCC2C(N)=O)c1. The van der Waals surface area contributed by atoms with Gasteiger partial charge in [0.05, 0.1) is 11.4 Å². The average molecular weight is 290 g/mol. The molecule has 1 saturated heterocycles. The Balaban J connectivity index is 2.39. The Hall–Kier alpha value is -2.24. The minimum Gasteiger partial charge on any atom is -0.397 e. The summed E-state index contributed by atoms with van der Waals surface area (Å²) in [6.45, 7) is 0.720. The van der Waals surface area contributed by atoms with Gasteiger partial charge in [-0.25, -0.2) is 0 Å². The van der Waals surface area contributed by atoms with Crippen molar-refractivity contribution in [2.75, 3.05) is 31.3 Å². The second kappa shape index (κ2) is 6.03. The van der Waals surface area contributed by atoms with Crippen molar-refractivity contribution in [3.05, 3.63) is 23.8 Å². The van der Waals surface area contributed by atoms with Crippen molar-refractivity contribution >= 4 is 23.2 Å². The normalized spacial score (nSPS) is 18.4. The van der Waals surface area contributed by atoms with Gasteiger partial charge in [-0.05, 0) is 37.5 Å². The lowest BCUT2D eigenvalue weighted by Gasteiger charge is -2.36. The van der Waals surface area contributed by atoms with Gasteiger partial charge < -0.3 is 21.3 Å². The van der Waals surface area contributed by atoms with Gasteiger partial charge in [-0.15, -0.1) is 0 Å². The molecule has 1 aromatic rings. The summed E-state index contributed by atoms with van der Waals surface area (Å²) < 4.78 is 0. The fourth-order valence-corrected chi connectivity index (χ4v) is 2.70. The van der Waals surface area contributed by atoms with E-state index in [2.05, 4.69) is 0 Å². The van der Waals surface area contributed by atoms with Crippen LogP contribution in [0.3, 0.4) is 0 Å². The zero-order valence-corrected chi connectivity index (χ0v) is 12.5. The number of carbonyl (C=O) groups is 2. The van der Waals surface area contributed by atoms with Crippen LogP contribution in [0, 0.1) is 0 Å². The van der Waals surface area contributed by atoms with E-state index in [0.29, 0.717) is 16.9 Å². The molecule has 0 aliphatic carbocycles. The van der Waals surface area contributed by atoms with E-state index < -0.39 is 0 Å². The number of nitrogens with zero attached hydrogens (tertiary/aromatic N) is 2. The molecule has 6 nitrogen and oxygen atoms in total. The average Bonchev–Trinajstić information content (AvgIpc) is 2.47. The maximum absolute atomic E-state index is 12.1. The van der Waals surface area contributed by atoms with Crippen LogP contribution >= 0.6 is 0 Å². The molecule has 1 heterocycles. The number of benzene rings is 1. The first-order valence-electron chi connectivity index (χ1n) is 7.09. The second-order valence-electron chi connectivity index (χ2n) is 5.58. The Bertz CT molecular complexity index is 557. The first-order valence-corrected chi connectivity index (χ1v) is 7.09. The van der Waals surface area contributed by atoms with E-state index in [0.717, 1.165) is 25.8 Å². The van der Waals surface area contributed by atoms with Crippen molar-refractivity contribution in [2.45, 2.75) is 25.3 Å². The van der Waals surface area contributed by atoms with Crippen molar-refractivity contribution in [1.29, 1.82) is 0 Å². The Kier molecular flexibility index (Phi) is 4.35. The van der Waals surface area contributed by atoms with Crippen molar-refractivity contribution in [3.63, 3.8) is 0 Å². The number of piperidine rings is 1. The van der Waals surface area contributed by atoms with Crippen LogP contribution < -0.4 is 16.4 Å². The van der Waals surface area contributed by atoms with E-state index >= 15 is 0 Å². The molecule has 0 aromatic heterocycles. The summed E-state index contributed by atoms with van der Waals surface area (Å²) in [5, 5.41) is 0. The summed E-state index contributed by atoms with van der Waals surface area (Å²) in [6, 6.07) is 4.80. The molecule has 114 valence electrons. The predicted molar refractivity (Wildman–Crippen MR) is 83.1 cm³/mol. The van der Waals surface area contributed by atoms with Crippen molar-refractivity contribution in [2.24, 2.45) is 5.73 Å². The van der Waals surface area contributed by atoms with Crippen molar-refractivity contribution in [1.82, 2.24) is 4.90 Å². The van der Waals surface area contributed by atoms with Gasteiger partial charge in [-0.2, -0.15) is 0 Å². The first-order chi connectivity index (χ1) is 9.91. The maximum Gasteiger partial charge on any atom is 0.253 e. The van der Waals surface area contributed by atoms with Gasteiger partial charge in [0.2, 0.25) is 5.91 Å². The number of nitrogens with two attached hydrogens (primary N) is 2. The monoisotopic (exact) mass is 290 g/mol. The number of primary amides is 1. The Morgan fingerprint density at radius 1 is 1.29 bits per heavy atom. The minimum atomic E-state index is -0.356. The van der Waals surface area contributed by atoms with Crippen LogP contribution in [0.4, 0.5) is 11.4 Å². The number of nitrogen functional groups attached to an aromatic ring is 1. The third kappa shape index (κ3) is 3.09. The molecule has 1 aliphatic heterocycles. The van der Waals surface area contributed by atoms with Gasteiger partial charge in [0.15, 0.2) is 0 Å². The number of anilines is 2. The highest BCUT2D eigenvalue weighted by Gasteiger charge is 2.28. The lowest BCUT2D eigenvalue weighted by atomic mass is 9.99. The Labute approximate surface area is 124 Å². The van der Waals surface area contributed by atoms with Crippen LogP contribution in [0.1, 0.15) is 29.6 Å². The van der Waals surface area contributed by atoms with E-state index in [1.54, 1.807) is 32.3 Å². The first kappa shape index (κ1) is 15.2. The summed E-state index contributed by atoms with van der Waals surface area (Å²) in [5.74, 6) is -0.442. The molecular formula is C15H22N4O2. The number of hydrogen-bond donors (Lipinski definition) is 2. The van der Waals surface area contributed by atoms with Crippen molar-refractivity contribution < 1.29 is 9.59 Å². The van der Waals surface area contributed by atoms with E-state index in [1.807, 2.05) is 4.90 Å². The van der Waals surface area contributed by atoms with Crippen LogP contribution in [-0.4, -0.2) is 43.4 Å². The van der Waals surface area contributed by atoms with Crippen LogP contribution in [0.2, 0.25) is 0 Å². The number of rotatable bonds is 3. The molecule has 4 N–H and O–H groups in total. The molecule has 1 atom stereocenters. The van der Waals surface area contributed by atoms with E-state index in [9.17, 15) is 9.59 Å². The Morgan fingerprint density at radius 2 is 2.00 bits per heavy atom. The molecule has 0 saturated carbocycles. The van der Waals surface area contributed by atoms with Crippen LogP contribution in [0.25, 0.3) is 0 Å². The molecular weight excluding hydrogens is 268 g/mol. The molecule has 0 spiro atoms. The predicted octanol–water partition coefficient (Wildman–Crippen LogP) is 0.815. The molecule has 1 fully saturated rings. The fourth-order valence-electron chi connectivity index (χ4n) is 2.70. The fraction of sp³-hybridized carbons (Fsp3) is 0.467. The molecule has 21 heavy (non-hydrogen) atoms. The summed E-state index contributed by atoms with van der Waals surface area (Å²) >= 11 is 0. The quantitative estimate of drug-likeness (QED) is 0.806.